The third-order valence-corrected chi connectivity index (χ3v) is 6.22. The largest absolute Gasteiger partial charge is 0.489 e. The predicted molar refractivity (Wildman–Crippen MR) is 154 cm³/mol. The van der Waals surface area contributed by atoms with Crippen LogP contribution in [0.4, 0.5) is 0 Å². The van der Waals surface area contributed by atoms with Crippen LogP contribution in [0.1, 0.15) is 28.4 Å². The number of nitrogens with one attached hydrogen (secondary N) is 1. The summed E-state index contributed by atoms with van der Waals surface area (Å²) in [6, 6.07) is 28.5. The summed E-state index contributed by atoms with van der Waals surface area (Å²) in [7, 11) is 0. The lowest BCUT2D eigenvalue weighted by Gasteiger charge is -2.14. The minimum Gasteiger partial charge on any atom is -0.489 e. The lowest BCUT2D eigenvalue weighted by Crippen LogP contribution is -2.33. The van der Waals surface area contributed by atoms with Gasteiger partial charge in [0.25, 0.3) is 5.91 Å². The van der Waals surface area contributed by atoms with Crippen LogP contribution in [0.15, 0.2) is 107 Å². The van der Waals surface area contributed by atoms with Crippen LogP contribution in [0.25, 0.3) is 0 Å². The van der Waals surface area contributed by atoms with Gasteiger partial charge in [-0.25, -0.2) is 10.2 Å². The van der Waals surface area contributed by atoms with Crippen LogP contribution in [0, 0.1) is 0 Å². The first kappa shape index (κ1) is 27.9. The molecule has 1 amide bonds. The van der Waals surface area contributed by atoms with Gasteiger partial charge in [0, 0.05) is 10.0 Å². The van der Waals surface area contributed by atoms with Crippen LogP contribution in [-0.4, -0.2) is 24.2 Å². The van der Waals surface area contributed by atoms with Gasteiger partial charge in [-0.1, -0.05) is 70.0 Å². The minimum atomic E-state index is -0.821. The number of halogens is 2. The molecule has 0 heterocycles. The van der Waals surface area contributed by atoms with E-state index in [1.165, 1.54) is 6.21 Å². The summed E-state index contributed by atoms with van der Waals surface area (Å²) in [5, 5.41) is 4.29. The number of ether oxygens (including phenoxy) is 3. The molecule has 0 bridgehead atoms. The maximum absolute atomic E-state index is 12.6. The molecule has 4 aromatic rings. The predicted octanol–water partition coefficient (Wildman–Crippen LogP) is 6.82. The van der Waals surface area contributed by atoms with Crippen molar-refractivity contribution in [2.24, 2.45) is 5.10 Å². The molecule has 0 fully saturated rings. The zero-order valence-electron chi connectivity index (χ0n) is 20.8. The van der Waals surface area contributed by atoms with Crippen molar-refractivity contribution < 1.29 is 23.8 Å². The fourth-order valence-corrected chi connectivity index (χ4v) is 3.96. The van der Waals surface area contributed by atoms with Crippen molar-refractivity contribution >= 4 is 45.6 Å². The Morgan fingerprint density at radius 1 is 0.949 bits per heavy atom. The second-order valence-electron chi connectivity index (χ2n) is 8.29. The molecule has 0 radical (unpaired) electrons. The topological polar surface area (TPSA) is 86.2 Å². The van der Waals surface area contributed by atoms with E-state index in [2.05, 4.69) is 26.5 Å². The Kier molecular flexibility index (Phi) is 9.72. The molecule has 0 saturated heterocycles. The number of nitrogens with zero attached hydrogens (tertiary/aromatic N) is 1. The molecule has 0 aliphatic heterocycles. The van der Waals surface area contributed by atoms with Crippen molar-refractivity contribution in [1.29, 1.82) is 0 Å². The van der Waals surface area contributed by atoms with E-state index >= 15 is 0 Å². The smallest absolute Gasteiger partial charge is 0.345 e. The second-order valence-corrected chi connectivity index (χ2v) is 9.61. The van der Waals surface area contributed by atoms with E-state index in [1.807, 2.05) is 30.3 Å². The van der Waals surface area contributed by atoms with E-state index in [-0.39, 0.29) is 16.3 Å². The molecule has 0 aromatic heterocycles. The molecule has 0 aliphatic rings. The maximum Gasteiger partial charge on any atom is 0.345 e. The quantitative estimate of drug-likeness (QED) is 0.0926. The molecular weight excluding hydrogens is 584 g/mol. The number of carbonyl (C=O) groups excluding carboxylic acids is 2. The van der Waals surface area contributed by atoms with Crippen LogP contribution < -0.4 is 19.6 Å². The molecule has 9 heteroatoms. The van der Waals surface area contributed by atoms with Gasteiger partial charge in [0.2, 0.25) is 0 Å². The highest BCUT2D eigenvalue weighted by atomic mass is 79.9. The van der Waals surface area contributed by atoms with Crippen LogP contribution in [-0.2, 0) is 11.4 Å². The summed E-state index contributed by atoms with van der Waals surface area (Å²) < 4.78 is 17.8. The number of hydrogen-bond acceptors (Lipinski definition) is 6. The van der Waals surface area contributed by atoms with Gasteiger partial charge in [-0.2, -0.15) is 5.10 Å². The lowest BCUT2D eigenvalue weighted by atomic mass is 10.2. The van der Waals surface area contributed by atoms with Crippen molar-refractivity contribution in [3.8, 4) is 17.2 Å². The Bertz CT molecular complexity index is 1460. The normalized spacial score (nSPS) is 11.6. The summed E-state index contributed by atoms with van der Waals surface area (Å²) in [6.45, 7) is 2.07. The van der Waals surface area contributed by atoms with E-state index in [0.717, 1.165) is 10.0 Å². The number of esters is 1. The molecule has 1 atom stereocenters. The van der Waals surface area contributed by atoms with Gasteiger partial charge in [-0.05, 0) is 67.1 Å². The van der Waals surface area contributed by atoms with E-state index in [4.69, 9.17) is 25.8 Å². The van der Waals surface area contributed by atoms with E-state index < -0.39 is 18.0 Å². The minimum absolute atomic E-state index is 0.236. The third-order valence-electron chi connectivity index (χ3n) is 5.40. The number of amides is 1. The number of hydrazone groups is 1. The highest BCUT2D eigenvalue weighted by Crippen LogP contribution is 2.24. The highest BCUT2D eigenvalue weighted by Gasteiger charge is 2.16. The molecule has 1 unspecified atom stereocenters. The van der Waals surface area contributed by atoms with E-state index in [9.17, 15) is 9.59 Å². The first-order valence-electron chi connectivity index (χ1n) is 11.9. The van der Waals surface area contributed by atoms with Gasteiger partial charge in [0.15, 0.2) is 6.10 Å². The molecule has 39 heavy (non-hydrogen) atoms. The number of hydrogen-bond donors (Lipinski definition) is 1. The number of carbonyl (C=O) groups is 2. The molecule has 1 N–H and O–H groups in total. The molecule has 0 spiro atoms. The molecule has 0 saturated carbocycles. The average molecular weight is 608 g/mol. The zero-order valence-corrected chi connectivity index (χ0v) is 23.2. The summed E-state index contributed by atoms with van der Waals surface area (Å²) in [5.41, 5.74) is 4.21. The van der Waals surface area contributed by atoms with E-state index in [0.29, 0.717) is 23.7 Å². The standard InChI is InChI=1S/C30H24BrClN2O5/c1-20(38-25-14-12-24(13-15-25)37-19-21-7-3-2-4-8-21)29(35)34-33-18-22-17-23(31)11-16-28(22)39-30(36)26-9-5-6-10-27(26)32/h2-18,20H,19H2,1H3,(H,34,35)/b33-18+. The Morgan fingerprint density at radius 2 is 1.64 bits per heavy atom. The van der Waals surface area contributed by atoms with Gasteiger partial charge >= 0.3 is 5.97 Å². The van der Waals surface area contributed by atoms with Crippen molar-refractivity contribution in [3.05, 3.63) is 123 Å². The van der Waals surface area contributed by atoms with Crippen molar-refractivity contribution in [2.45, 2.75) is 19.6 Å². The zero-order chi connectivity index (χ0) is 27.6. The summed E-state index contributed by atoms with van der Waals surface area (Å²) in [6.07, 6.45) is 0.557. The second kappa shape index (κ2) is 13.6. The molecule has 4 rings (SSSR count). The van der Waals surface area contributed by atoms with Crippen LogP contribution >= 0.6 is 27.5 Å². The Labute approximate surface area is 239 Å². The van der Waals surface area contributed by atoms with Crippen LogP contribution in [0.3, 0.4) is 0 Å². The Morgan fingerprint density at radius 3 is 2.38 bits per heavy atom. The van der Waals surface area contributed by atoms with Gasteiger partial charge in [0.1, 0.15) is 23.9 Å². The van der Waals surface area contributed by atoms with Crippen molar-refractivity contribution in [3.63, 3.8) is 0 Å². The molecule has 4 aromatic carbocycles. The third kappa shape index (κ3) is 8.17. The molecule has 7 nitrogen and oxygen atoms in total. The lowest BCUT2D eigenvalue weighted by molar-refractivity contribution is -0.127. The fourth-order valence-electron chi connectivity index (χ4n) is 3.36. The Hall–Kier alpha value is -4.14. The number of benzene rings is 4. The SMILES string of the molecule is CC(Oc1ccc(OCc2ccccc2)cc1)C(=O)N/N=C/c1cc(Br)ccc1OC(=O)c1ccccc1Cl. The van der Waals surface area contributed by atoms with Crippen LogP contribution in [0.2, 0.25) is 5.02 Å². The molecule has 0 aliphatic carbocycles. The van der Waals surface area contributed by atoms with Gasteiger partial charge in [0.05, 0.1) is 16.8 Å². The summed E-state index contributed by atoms with van der Waals surface area (Å²) in [4.78, 5) is 25.1. The number of rotatable bonds is 10. The van der Waals surface area contributed by atoms with Gasteiger partial charge in [-0.15, -0.1) is 0 Å². The first-order chi connectivity index (χ1) is 18.9. The van der Waals surface area contributed by atoms with Crippen molar-refractivity contribution in [1.82, 2.24) is 5.43 Å². The summed E-state index contributed by atoms with van der Waals surface area (Å²) >= 11 is 9.49. The fraction of sp³-hybridized carbons (Fsp3) is 0.100. The van der Waals surface area contributed by atoms with Gasteiger partial charge in [-0.3, -0.25) is 4.79 Å². The van der Waals surface area contributed by atoms with Gasteiger partial charge < -0.3 is 14.2 Å². The molecular formula is C30H24BrClN2O5. The molecule has 198 valence electrons. The maximum atomic E-state index is 12.6. The first-order valence-corrected chi connectivity index (χ1v) is 13.1. The van der Waals surface area contributed by atoms with Crippen LogP contribution in [0.5, 0.6) is 17.2 Å². The van der Waals surface area contributed by atoms with E-state index in [1.54, 1.807) is 73.7 Å². The highest BCUT2D eigenvalue weighted by molar-refractivity contribution is 9.10. The van der Waals surface area contributed by atoms with Crippen molar-refractivity contribution in [2.75, 3.05) is 0 Å². The Balaban J connectivity index is 1.31. The summed E-state index contributed by atoms with van der Waals surface area (Å²) in [5.74, 6) is 0.378. The average Bonchev–Trinajstić information content (AvgIpc) is 2.94. The monoisotopic (exact) mass is 606 g/mol.